The first-order valence-corrected chi connectivity index (χ1v) is 9.52. The minimum Gasteiger partial charge on any atom is -0.379 e. The van der Waals surface area contributed by atoms with Gasteiger partial charge in [0.2, 0.25) is 0 Å². The monoisotopic (exact) mass is 485 g/mol. The molecular formula is C20H32IN5O. The van der Waals surface area contributed by atoms with E-state index in [-0.39, 0.29) is 24.0 Å². The van der Waals surface area contributed by atoms with Gasteiger partial charge in [-0.2, -0.15) is 0 Å². The number of ether oxygens (including phenoxy) is 1. The van der Waals surface area contributed by atoms with Crippen LogP contribution in [-0.4, -0.2) is 67.8 Å². The van der Waals surface area contributed by atoms with Crippen LogP contribution in [0.4, 0.5) is 0 Å². The first-order chi connectivity index (χ1) is 12.7. The van der Waals surface area contributed by atoms with Gasteiger partial charge in [0.05, 0.1) is 13.2 Å². The number of hydrogen-bond acceptors (Lipinski definition) is 3. The summed E-state index contributed by atoms with van der Waals surface area (Å²) < 4.78 is 5.53. The number of para-hydroxylation sites is 1. The molecule has 1 aromatic heterocycles. The van der Waals surface area contributed by atoms with Crippen LogP contribution in [0.3, 0.4) is 0 Å². The summed E-state index contributed by atoms with van der Waals surface area (Å²) in [4.78, 5) is 10.2. The van der Waals surface area contributed by atoms with E-state index in [4.69, 9.17) is 4.74 Å². The van der Waals surface area contributed by atoms with Crippen molar-refractivity contribution >= 4 is 40.8 Å². The Kier molecular flexibility index (Phi) is 8.85. The zero-order valence-electron chi connectivity index (χ0n) is 16.5. The summed E-state index contributed by atoms with van der Waals surface area (Å²) in [6.45, 7) is 8.85. The second kappa shape index (κ2) is 10.9. The van der Waals surface area contributed by atoms with Crippen molar-refractivity contribution in [2.24, 2.45) is 4.99 Å². The molecule has 150 valence electrons. The molecule has 2 atom stereocenters. The lowest BCUT2D eigenvalue weighted by atomic mass is 10.1. The highest BCUT2D eigenvalue weighted by Crippen LogP contribution is 2.17. The van der Waals surface area contributed by atoms with E-state index in [9.17, 15) is 0 Å². The van der Waals surface area contributed by atoms with Crippen molar-refractivity contribution in [1.82, 2.24) is 20.5 Å². The van der Waals surface area contributed by atoms with Gasteiger partial charge in [-0.05, 0) is 31.9 Å². The Bertz CT molecular complexity index is 732. The van der Waals surface area contributed by atoms with E-state index >= 15 is 0 Å². The average molecular weight is 485 g/mol. The predicted octanol–water partition coefficient (Wildman–Crippen LogP) is 2.60. The molecule has 0 aliphatic carbocycles. The maximum Gasteiger partial charge on any atom is 0.191 e. The number of halogens is 1. The van der Waals surface area contributed by atoms with Gasteiger partial charge in [-0.25, -0.2) is 0 Å². The molecule has 2 aromatic rings. The third-order valence-corrected chi connectivity index (χ3v) is 5.14. The molecule has 2 unspecified atom stereocenters. The summed E-state index contributed by atoms with van der Waals surface area (Å²) in [6, 6.07) is 9.34. The zero-order valence-corrected chi connectivity index (χ0v) is 18.8. The maximum absolute atomic E-state index is 5.53. The highest BCUT2D eigenvalue weighted by Gasteiger charge is 2.23. The number of fused-ring (bicyclic) bond motifs is 1. The fraction of sp³-hybridized carbons (Fsp3) is 0.550. The van der Waals surface area contributed by atoms with Crippen molar-refractivity contribution in [1.29, 1.82) is 0 Å². The summed E-state index contributed by atoms with van der Waals surface area (Å²) in [5.74, 6) is 0.859. The van der Waals surface area contributed by atoms with Crippen LogP contribution in [0.5, 0.6) is 0 Å². The van der Waals surface area contributed by atoms with Crippen molar-refractivity contribution < 1.29 is 4.74 Å². The number of benzene rings is 1. The van der Waals surface area contributed by atoms with Gasteiger partial charge in [0.25, 0.3) is 0 Å². The van der Waals surface area contributed by atoms with E-state index in [0.717, 1.165) is 45.2 Å². The minimum atomic E-state index is 0. The standard InChI is InChI=1S/C20H31N5O.HI/c1-15(25-10-11-26-14-16(25)2)12-24-20(21-3)22-9-8-17-13-23-19-7-5-4-6-18(17)19;/h4-7,13,15-16,23H,8-12,14H2,1-3H3,(H2,21,22,24);1H. The van der Waals surface area contributed by atoms with Crippen LogP contribution in [-0.2, 0) is 11.2 Å². The Balaban J connectivity index is 0.00000261. The quantitative estimate of drug-likeness (QED) is 0.335. The highest BCUT2D eigenvalue weighted by molar-refractivity contribution is 14.0. The highest BCUT2D eigenvalue weighted by atomic mass is 127. The molecule has 0 amide bonds. The molecule has 6 nitrogen and oxygen atoms in total. The van der Waals surface area contributed by atoms with E-state index < -0.39 is 0 Å². The molecule has 0 radical (unpaired) electrons. The molecule has 1 aliphatic rings. The molecular weight excluding hydrogens is 453 g/mol. The number of hydrogen-bond donors (Lipinski definition) is 3. The van der Waals surface area contributed by atoms with E-state index in [2.05, 4.69) is 69.8 Å². The second-order valence-corrected chi connectivity index (χ2v) is 7.00. The lowest BCUT2D eigenvalue weighted by Crippen LogP contribution is -2.53. The van der Waals surface area contributed by atoms with E-state index in [1.54, 1.807) is 0 Å². The first kappa shape index (κ1) is 22.0. The Morgan fingerprint density at radius 2 is 2.19 bits per heavy atom. The fourth-order valence-corrected chi connectivity index (χ4v) is 3.63. The normalized spacial score (nSPS) is 19.5. The number of morpholine rings is 1. The van der Waals surface area contributed by atoms with Gasteiger partial charge < -0.3 is 20.4 Å². The predicted molar refractivity (Wildman–Crippen MR) is 123 cm³/mol. The largest absolute Gasteiger partial charge is 0.379 e. The summed E-state index contributed by atoms with van der Waals surface area (Å²) in [7, 11) is 1.82. The van der Waals surface area contributed by atoms with Gasteiger partial charge in [0.1, 0.15) is 0 Å². The van der Waals surface area contributed by atoms with Crippen LogP contribution < -0.4 is 10.6 Å². The Hall–Kier alpha value is -1.32. The minimum absolute atomic E-state index is 0. The molecule has 0 spiro atoms. The van der Waals surface area contributed by atoms with Gasteiger partial charge in [0.15, 0.2) is 5.96 Å². The van der Waals surface area contributed by atoms with Crippen molar-refractivity contribution in [3.8, 4) is 0 Å². The average Bonchev–Trinajstić information content (AvgIpc) is 3.08. The molecule has 3 rings (SSSR count). The zero-order chi connectivity index (χ0) is 18.4. The lowest BCUT2D eigenvalue weighted by molar-refractivity contribution is -0.0174. The molecule has 1 saturated heterocycles. The van der Waals surface area contributed by atoms with E-state index in [0.29, 0.717) is 12.1 Å². The summed E-state index contributed by atoms with van der Waals surface area (Å²) in [6.07, 6.45) is 3.06. The summed E-state index contributed by atoms with van der Waals surface area (Å²) >= 11 is 0. The Labute approximate surface area is 179 Å². The fourth-order valence-electron chi connectivity index (χ4n) is 3.63. The molecule has 0 bridgehead atoms. The van der Waals surface area contributed by atoms with Gasteiger partial charge >= 0.3 is 0 Å². The van der Waals surface area contributed by atoms with Gasteiger partial charge in [-0.15, -0.1) is 24.0 Å². The van der Waals surface area contributed by atoms with Crippen LogP contribution in [0.25, 0.3) is 10.9 Å². The van der Waals surface area contributed by atoms with Crippen LogP contribution in [0, 0.1) is 0 Å². The SMILES string of the molecule is CN=C(NCCc1c[nH]c2ccccc12)NCC(C)N1CCOCC1C.I. The Morgan fingerprint density at radius 1 is 1.37 bits per heavy atom. The number of H-pyrrole nitrogens is 1. The van der Waals surface area contributed by atoms with Crippen molar-refractivity contribution in [2.75, 3.05) is 39.9 Å². The molecule has 1 fully saturated rings. The van der Waals surface area contributed by atoms with Gasteiger partial charge in [0, 0.05) is 55.9 Å². The maximum atomic E-state index is 5.53. The van der Waals surface area contributed by atoms with Crippen LogP contribution >= 0.6 is 24.0 Å². The van der Waals surface area contributed by atoms with Gasteiger partial charge in [-0.1, -0.05) is 18.2 Å². The number of nitrogens with one attached hydrogen (secondary N) is 3. The number of guanidine groups is 1. The van der Waals surface area contributed by atoms with E-state index in [1.807, 2.05) is 7.05 Å². The van der Waals surface area contributed by atoms with Gasteiger partial charge in [-0.3, -0.25) is 9.89 Å². The molecule has 1 aromatic carbocycles. The van der Waals surface area contributed by atoms with Crippen LogP contribution in [0.1, 0.15) is 19.4 Å². The van der Waals surface area contributed by atoms with Crippen LogP contribution in [0.15, 0.2) is 35.5 Å². The van der Waals surface area contributed by atoms with Crippen molar-refractivity contribution in [3.05, 3.63) is 36.0 Å². The molecule has 7 heteroatoms. The second-order valence-electron chi connectivity index (χ2n) is 7.00. The van der Waals surface area contributed by atoms with Crippen LogP contribution in [0.2, 0.25) is 0 Å². The number of rotatable bonds is 6. The Morgan fingerprint density at radius 3 is 2.96 bits per heavy atom. The molecule has 0 saturated carbocycles. The number of aromatic nitrogens is 1. The third-order valence-electron chi connectivity index (χ3n) is 5.14. The molecule has 3 N–H and O–H groups in total. The van der Waals surface area contributed by atoms with Crippen molar-refractivity contribution in [3.63, 3.8) is 0 Å². The molecule has 27 heavy (non-hydrogen) atoms. The number of aliphatic imine (C=N–C) groups is 1. The summed E-state index contributed by atoms with van der Waals surface area (Å²) in [5.41, 5.74) is 2.53. The first-order valence-electron chi connectivity index (χ1n) is 9.52. The lowest BCUT2D eigenvalue weighted by Gasteiger charge is -2.38. The topological polar surface area (TPSA) is 64.7 Å². The smallest absolute Gasteiger partial charge is 0.191 e. The number of nitrogens with zero attached hydrogens (tertiary/aromatic N) is 2. The molecule has 1 aliphatic heterocycles. The van der Waals surface area contributed by atoms with Crippen molar-refractivity contribution in [2.45, 2.75) is 32.4 Å². The number of aromatic amines is 1. The molecule has 2 heterocycles. The van der Waals surface area contributed by atoms with E-state index in [1.165, 1.54) is 16.5 Å². The third kappa shape index (κ3) is 5.83. The summed E-state index contributed by atoms with van der Waals surface area (Å²) in [5, 5.41) is 8.17.